The molecule has 5 nitrogen and oxygen atoms in total. The summed E-state index contributed by atoms with van der Waals surface area (Å²) in [7, 11) is -1.79. The van der Waals surface area contributed by atoms with Gasteiger partial charge in [0.2, 0.25) is 0 Å². The molecule has 29 heavy (non-hydrogen) atoms. The number of rotatable bonds is 17. The van der Waals surface area contributed by atoms with Crippen molar-refractivity contribution in [1.29, 1.82) is 0 Å². The van der Waals surface area contributed by atoms with Gasteiger partial charge in [0.05, 0.1) is 5.60 Å². The molecule has 0 radical (unpaired) electrons. The summed E-state index contributed by atoms with van der Waals surface area (Å²) < 4.78 is 6.56. The van der Waals surface area contributed by atoms with Gasteiger partial charge in [-0.25, -0.2) is 0 Å². The summed E-state index contributed by atoms with van der Waals surface area (Å²) in [6.45, 7) is 20.8. The maximum Gasteiger partial charge on any atom is 0.303 e. The molecule has 174 valence electrons. The van der Waals surface area contributed by atoms with Gasteiger partial charge < -0.3 is 20.6 Å². The molecule has 2 atom stereocenters. The average Bonchev–Trinajstić information content (AvgIpc) is 2.49. The largest absolute Gasteiger partial charge is 0.481 e. The second-order valence-electron chi connectivity index (χ2n) is 11.2. The first-order valence-electron chi connectivity index (χ1n) is 11.5. The number of carboxylic acid groups (broad SMARTS) is 1. The van der Waals surface area contributed by atoms with E-state index in [1.54, 1.807) is 0 Å². The van der Waals surface area contributed by atoms with Crippen LogP contribution in [0.1, 0.15) is 66.2 Å². The fourth-order valence-corrected chi connectivity index (χ4v) is 8.71. The van der Waals surface area contributed by atoms with Gasteiger partial charge in [-0.3, -0.25) is 4.79 Å². The Bertz CT molecular complexity index is 483. The van der Waals surface area contributed by atoms with Crippen molar-refractivity contribution in [1.82, 2.24) is 5.32 Å². The summed E-state index contributed by atoms with van der Waals surface area (Å²) >= 11 is 0. The van der Waals surface area contributed by atoms with Crippen LogP contribution in [0.25, 0.3) is 0 Å². The van der Waals surface area contributed by atoms with Crippen molar-refractivity contribution < 1.29 is 14.3 Å². The van der Waals surface area contributed by atoms with Crippen molar-refractivity contribution in [2.75, 3.05) is 19.6 Å². The maximum atomic E-state index is 11.3. The van der Waals surface area contributed by atoms with Crippen molar-refractivity contribution in [3.8, 4) is 0 Å². The van der Waals surface area contributed by atoms with Gasteiger partial charge in [-0.2, -0.15) is 0 Å². The Morgan fingerprint density at radius 2 is 1.69 bits per heavy atom. The minimum absolute atomic E-state index is 0.105. The van der Waals surface area contributed by atoms with E-state index in [2.05, 4.69) is 59.2 Å². The molecule has 7 heteroatoms. The number of nitrogens with one attached hydrogen (secondary N) is 1. The average molecular weight is 447 g/mol. The molecule has 2 unspecified atom stereocenters. The number of nitrogens with two attached hydrogens (primary N) is 1. The predicted molar refractivity (Wildman–Crippen MR) is 131 cm³/mol. The first-order valence-corrected chi connectivity index (χ1v) is 17.3. The van der Waals surface area contributed by atoms with Gasteiger partial charge in [-0.05, 0) is 83.0 Å². The molecule has 0 rings (SSSR count). The van der Waals surface area contributed by atoms with E-state index < -0.39 is 14.3 Å². The molecule has 0 aromatic carbocycles. The molecule has 0 aliphatic rings. The zero-order valence-electron chi connectivity index (χ0n) is 20.6. The van der Waals surface area contributed by atoms with E-state index in [0.717, 1.165) is 45.2 Å². The topological polar surface area (TPSA) is 84.6 Å². The second-order valence-corrected chi connectivity index (χ2v) is 17.2. The van der Waals surface area contributed by atoms with Crippen LogP contribution < -0.4 is 11.1 Å². The molecule has 4 N–H and O–H groups in total. The van der Waals surface area contributed by atoms with Crippen LogP contribution in [0.2, 0.25) is 32.2 Å². The Labute approximate surface area is 183 Å². The van der Waals surface area contributed by atoms with Crippen LogP contribution in [0.5, 0.6) is 0 Å². The number of carbonyl (C=O) groups is 1. The van der Waals surface area contributed by atoms with Crippen molar-refractivity contribution in [2.45, 2.75) is 104 Å². The molecule has 0 aromatic rings. The van der Waals surface area contributed by atoms with Gasteiger partial charge in [0, 0.05) is 29.0 Å². The van der Waals surface area contributed by atoms with Crippen LogP contribution in [0, 0.1) is 10.8 Å². The van der Waals surface area contributed by atoms with Crippen LogP contribution >= 0.6 is 0 Å². The zero-order chi connectivity index (χ0) is 22.8. The van der Waals surface area contributed by atoms with E-state index in [4.69, 9.17) is 10.2 Å². The molecule has 0 heterocycles. The smallest absolute Gasteiger partial charge is 0.303 e. The Kier molecular flexibility index (Phi) is 12.5. The highest BCUT2D eigenvalue weighted by Gasteiger charge is 2.40. The summed E-state index contributed by atoms with van der Waals surface area (Å²) in [5.74, 6) is -0.677. The summed E-state index contributed by atoms with van der Waals surface area (Å²) in [6.07, 6.45) is 5.36. The Morgan fingerprint density at radius 1 is 1.07 bits per heavy atom. The minimum atomic E-state index is -1.64. The molecule has 0 spiro atoms. The lowest BCUT2D eigenvalue weighted by Crippen LogP contribution is -2.43. The normalized spacial score (nSPS) is 17.4. The molecule has 0 amide bonds. The Balaban J connectivity index is 5.42. The zero-order valence-corrected chi connectivity index (χ0v) is 23.0. The van der Waals surface area contributed by atoms with E-state index in [1.807, 2.05) is 0 Å². The molecule has 0 aliphatic heterocycles. The molecule has 0 saturated heterocycles. The van der Waals surface area contributed by atoms with E-state index in [9.17, 15) is 9.90 Å². The second kappa shape index (κ2) is 12.6. The van der Waals surface area contributed by atoms with Gasteiger partial charge in [0.1, 0.15) is 0 Å². The molecular weight excluding hydrogens is 396 g/mol. The van der Waals surface area contributed by atoms with Gasteiger partial charge in [0.15, 0.2) is 8.32 Å². The van der Waals surface area contributed by atoms with Crippen molar-refractivity contribution in [2.24, 2.45) is 16.6 Å². The molecule has 0 bridgehead atoms. The number of hydrogen-bond donors (Lipinski definition) is 3. The summed E-state index contributed by atoms with van der Waals surface area (Å²) in [6, 6.07) is 1.20. The molecule has 0 aromatic heterocycles. The SMILES string of the molecule is C[SiH2]CC(C)(CCC(=O)O)CC(C)(CCCNCCN)CC(C)(C)O[Si](C)(C)C. The lowest BCUT2D eigenvalue weighted by atomic mass is 9.66. The Morgan fingerprint density at radius 3 is 2.17 bits per heavy atom. The first kappa shape index (κ1) is 28.8. The fraction of sp³-hybridized carbons (Fsp3) is 0.955. The maximum absolute atomic E-state index is 11.3. The van der Waals surface area contributed by atoms with Gasteiger partial charge in [-0.1, -0.05) is 26.4 Å². The highest BCUT2D eigenvalue weighted by molar-refractivity contribution is 6.69. The summed E-state index contributed by atoms with van der Waals surface area (Å²) in [5, 5.41) is 12.7. The monoisotopic (exact) mass is 446 g/mol. The first-order chi connectivity index (χ1) is 13.2. The fourth-order valence-electron chi connectivity index (χ4n) is 5.34. The summed E-state index contributed by atoms with van der Waals surface area (Å²) in [5.41, 5.74) is 5.66. The van der Waals surface area contributed by atoms with Crippen molar-refractivity contribution in [3.63, 3.8) is 0 Å². The highest BCUT2D eigenvalue weighted by Crippen LogP contribution is 2.47. The van der Waals surface area contributed by atoms with E-state index >= 15 is 0 Å². The molecule has 0 fully saturated rings. The van der Waals surface area contributed by atoms with Crippen LogP contribution in [0.3, 0.4) is 0 Å². The van der Waals surface area contributed by atoms with Crippen molar-refractivity contribution >= 4 is 23.8 Å². The number of carboxylic acids is 1. The van der Waals surface area contributed by atoms with Crippen LogP contribution in [-0.2, 0) is 9.22 Å². The third-order valence-corrected chi connectivity index (χ3v) is 8.41. The van der Waals surface area contributed by atoms with Gasteiger partial charge >= 0.3 is 5.97 Å². The van der Waals surface area contributed by atoms with E-state index in [-0.39, 0.29) is 32.4 Å². The highest BCUT2D eigenvalue weighted by atomic mass is 28.4. The minimum Gasteiger partial charge on any atom is -0.481 e. The van der Waals surface area contributed by atoms with E-state index in [0.29, 0.717) is 6.54 Å². The van der Waals surface area contributed by atoms with Gasteiger partial charge in [0.25, 0.3) is 0 Å². The Hall–Kier alpha value is -0.216. The molecule has 0 saturated carbocycles. The van der Waals surface area contributed by atoms with Crippen LogP contribution in [0.15, 0.2) is 0 Å². The van der Waals surface area contributed by atoms with Crippen LogP contribution in [-0.4, -0.2) is 54.1 Å². The lowest BCUT2D eigenvalue weighted by molar-refractivity contribution is -0.137. The standard InChI is InChI=1S/C22H50N2O3Si2/c1-20(2,27-29(6,7)8)16-21(3,11-9-14-24-15-13-23)17-22(4,18-28-5)12-10-19(25)26/h24H,9-18,23,28H2,1-8H3,(H,25,26). The quantitative estimate of drug-likeness (QED) is 0.230. The molecular formula is C22H50N2O3Si2. The van der Waals surface area contributed by atoms with Crippen LogP contribution in [0.4, 0.5) is 0 Å². The third kappa shape index (κ3) is 14.4. The number of aliphatic carboxylic acids is 1. The number of hydrogen-bond acceptors (Lipinski definition) is 4. The van der Waals surface area contributed by atoms with E-state index in [1.165, 1.54) is 6.04 Å². The third-order valence-electron chi connectivity index (χ3n) is 5.54. The van der Waals surface area contributed by atoms with Crippen molar-refractivity contribution in [3.05, 3.63) is 0 Å². The lowest BCUT2D eigenvalue weighted by Gasteiger charge is -2.45. The molecule has 0 aliphatic carbocycles. The predicted octanol–water partition coefficient (Wildman–Crippen LogP) is 4.24. The van der Waals surface area contributed by atoms with Gasteiger partial charge in [-0.15, -0.1) is 0 Å². The summed E-state index contributed by atoms with van der Waals surface area (Å²) in [4.78, 5) is 11.3.